The van der Waals surface area contributed by atoms with Crippen LogP contribution in [0.4, 0.5) is 0 Å². The lowest BCUT2D eigenvalue weighted by atomic mass is 10.1. The summed E-state index contributed by atoms with van der Waals surface area (Å²) >= 11 is 0. The Bertz CT molecular complexity index is 193. The summed E-state index contributed by atoms with van der Waals surface area (Å²) in [6, 6.07) is 0. The second kappa shape index (κ2) is 13.7. The summed E-state index contributed by atoms with van der Waals surface area (Å²) in [6.45, 7) is 1.67. The summed E-state index contributed by atoms with van der Waals surface area (Å²) in [5.74, 6) is 0. The van der Waals surface area contributed by atoms with Crippen LogP contribution < -0.4 is 16.6 Å². The molecule has 1 aliphatic rings. The molecule has 1 aliphatic heterocycles. The van der Waals surface area contributed by atoms with Crippen LogP contribution in [0.25, 0.3) is 0 Å². The van der Waals surface area contributed by atoms with Gasteiger partial charge in [0.1, 0.15) is 0 Å². The Kier molecular flexibility index (Phi) is 11.8. The molecular weight excluding hydrogens is 242 g/mol. The number of rotatable bonds is 0. The van der Waals surface area contributed by atoms with Crippen molar-refractivity contribution in [2.45, 2.75) is 70.6 Å². The summed E-state index contributed by atoms with van der Waals surface area (Å²) in [5, 5.41) is 7.67. The number of hydrazine groups is 1. The van der Waals surface area contributed by atoms with E-state index in [9.17, 15) is 0 Å². The lowest BCUT2D eigenvalue weighted by Gasteiger charge is -2.05. The van der Waals surface area contributed by atoms with E-state index in [0.717, 1.165) is 25.9 Å². The van der Waals surface area contributed by atoms with E-state index in [2.05, 4.69) is 26.9 Å². The molecule has 0 aromatic heterocycles. The number of nitrogens with one attached hydrogen (secondary N) is 3. The Morgan fingerprint density at radius 2 is 1.26 bits per heavy atom. The van der Waals surface area contributed by atoms with Crippen molar-refractivity contribution < 1.29 is 4.94 Å². The minimum atomic E-state index is 0.768. The molecule has 0 saturated carbocycles. The molecule has 1 heterocycles. The van der Waals surface area contributed by atoms with Crippen molar-refractivity contribution in [2.75, 3.05) is 13.1 Å². The third-order valence-corrected chi connectivity index (χ3v) is 3.34. The van der Waals surface area contributed by atoms with Crippen LogP contribution in [0, 0.1) is 0 Å². The Hall–Kier alpha value is -0.720. The fourth-order valence-electron chi connectivity index (χ4n) is 2.20. The van der Waals surface area contributed by atoms with E-state index < -0.39 is 0 Å². The first-order valence-electron chi connectivity index (χ1n) is 7.75. The second-order valence-corrected chi connectivity index (χ2v) is 5.08. The van der Waals surface area contributed by atoms with E-state index in [4.69, 9.17) is 4.94 Å². The van der Waals surface area contributed by atoms with Gasteiger partial charge in [-0.25, -0.2) is 5.43 Å². The first-order chi connectivity index (χ1) is 9.50. The monoisotopic (exact) mass is 271 g/mol. The normalized spacial score (nSPS) is 22.7. The fraction of sp³-hybridized carbons (Fsp3) is 1.00. The van der Waals surface area contributed by atoms with Crippen LogP contribution >= 0.6 is 0 Å². The highest BCUT2D eigenvalue weighted by Crippen LogP contribution is 2.11. The van der Waals surface area contributed by atoms with Crippen molar-refractivity contribution in [2.24, 2.45) is 10.3 Å². The van der Waals surface area contributed by atoms with Crippen LogP contribution in [0.3, 0.4) is 0 Å². The quantitative estimate of drug-likeness (QED) is 0.633. The maximum atomic E-state index is 4.83. The van der Waals surface area contributed by atoms with E-state index in [1.54, 1.807) is 0 Å². The number of nitrogens with zero attached hydrogens (tertiary/aromatic N) is 2. The molecule has 0 unspecified atom stereocenters. The van der Waals surface area contributed by atoms with Crippen LogP contribution in [0.15, 0.2) is 10.3 Å². The molecule has 0 bridgehead atoms. The minimum absolute atomic E-state index is 0.768. The summed E-state index contributed by atoms with van der Waals surface area (Å²) in [5.41, 5.74) is 7.93. The number of hydrogen-bond acceptors (Lipinski definition) is 6. The summed E-state index contributed by atoms with van der Waals surface area (Å²) < 4.78 is 0. The third kappa shape index (κ3) is 12.1. The molecule has 0 aromatic carbocycles. The van der Waals surface area contributed by atoms with Gasteiger partial charge in [-0.05, 0) is 12.8 Å². The van der Waals surface area contributed by atoms with Crippen LogP contribution in [0.2, 0.25) is 0 Å². The maximum Gasteiger partial charge on any atom is 0.0621 e. The predicted molar refractivity (Wildman–Crippen MR) is 75.9 cm³/mol. The first-order valence-corrected chi connectivity index (χ1v) is 7.75. The third-order valence-electron chi connectivity index (χ3n) is 3.34. The largest absolute Gasteiger partial charge is 0.232 e. The van der Waals surface area contributed by atoms with Gasteiger partial charge >= 0.3 is 0 Å². The van der Waals surface area contributed by atoms with Crippen molar-refractivity contribution in [3.63, 3.8) is 0 Å². The van der Waals surface area contributed by atoms with Gasteiger partial charge in [0.15, 0.2) is 0 Å². The van der Waals surface area contributed by atoms with Gasteiger partial charge in [0.25, 0.3) is 0 Å². The molecule has 19 heavy (non-hydrogen) atoms. The van der Waals surface area contributed by atoms with Gasteiger partial charge in [-0.15, -0.1) is 11.2 Å². The van der Waals surface area contributed by atoms with E-state index in [1.807, 2.05) is 0 Å². The van der Waals surface area contributed by atoms with Gasteiger partial charge in [0.2, 0.25) is 0 Å². The molecule has 0 aromatic rings. The molecule has 6 heteroatoms. The molecule has 0 fully saturated rings. The fourth-order valence-corrected chi connectivity index (χ4v) is 2.20. The van der Waals surface area contributed by atoms with Crippen LogP contribution in [0.1, 0.15) is 70.6 Å². The minimum Gasteiger partial charge on any atom is -0.232 e. The summed E-state index contributed by atoms with van der Waals surface area (Å²) in [7, 11) is 0. The first kappa shape index (κ1) is 16.3. The van der Waals surface area contributed by atoms with E-state index in [1.165, 1.54) is 57.8 Å². The van der Waals surface area contributed by atoms with Gasteiger partial charge < -0.3 is 0 Å². The SMILES string of the molecule is C1CCCCCCN=NNONNCCCCCC1. The standard InChI is InChI=1S/C13H29N5O/c1-2-4-6-8-10-12-14-16-18-19-17-15-13-11-9-7-5-3-1/h15,17H,1-13H2,(H,14,18). The smallest absolute Gasteiger partial charge is 0.0621 e. The second-order valence-electron chi connectivity index (χ2n) is 5.08. The predicted octanol–water partition coefficient (Wildman–Crippen LogP) is 3.19. The average molecular weight is 271 g/mol. The van der Waals surface area contributed by atoms with E-state index in [0.29, 0.717) is 0 Å². The zero-order valence-electron chi connectivity index (χ0n) is 12.0. The van der Waals surface area contributed by atoms with Crippen molar-refractivity contribution in [3.05, 3.63) is 0 Å². The Labute approximate surface area is 116 Å². The lowest BCUT2D eigenvalue weighted by molar-refractivity contribution is -0.0647. The van der Waals surface area contributed by atoms with Crippen LogP contribution in [0.5, 0.6) is 0 Å². The Morgan fingerprint density at radius 1 is 0.684 bits per heavy atom. The molecular formula is C13H29N5O. The van der Waals surface area contributed by atoms with E-state index in [-0.39, 0.29) is 0 Å². The lowest BCUT2D eigenvalue weighted by Crippen LogP contribution is -2.35. The van der Waals surface area contributed by atoms with Gasteiger partial charge in [-0.2, -0.15) is 10.1 Å². The van der Waals surface area contributed by atoms with Gasteiger partial charge in [-0.3, -0.25) is 0 Å². The molecule has 0 radical (unpaired) electrons. The molecule has 0 saturated heterocycles. The zero-order chi connectivity index (χ0) is 13.4. The maximum absolute atomic E-state index is 4.83. The van der Waals surface area contributed by atoms with Crippen molar-refractivity contribution in [1.29, 1.82) is 0 Å². The highest BCUT2D eigenvalue weighted by Gasteiger charge is 1.94. The Morgan fingerprint density at radius 3 is 1.95 bits per heavy atom. The van der Waals surface area contributed by atoms with Crippen LogP contribution in [-0.4, -0.2) is 13.1 Å². The van der Waals surface area contributed by atoms with Crippen molar-refractivity contribution in [1.82, 2.24) is 16.6 Å². The van der Waals surface area contributed by atoms with Gasteiger partial charge in [-0.1, -0.05) is 63.0 Å². The summed E-state index contributed by atoms with van der Waals surface area (Å²) in [6.07, 6.45) is 14.4. The Balaban J connectivity index is 2.06. The molecule has 0 atom stereocenters. The van der Waals surface area contributed by atoms with Gasteiger partial charge in [0, 0.05) is 6.54 Å². The molecule has 3 N–H and O–H groups in total. The molecule has 6 nitrogen and oxygen atoms in total. The topological polar surface area (TPSA) is 70.0 Å². The highest BCUT2D eigenvalue weighted by molar-refractivity contribution is 4.50. The summed E-state index contributed by atoms with van der Waals surface area (Å²) in [4.78, 5) is 4.83. The number of hydrogen-bond donors (Lipinski definition) is 3. The zero-order valence-corrected chi connectivity index (χ0v) is 12.0. The van der Waals surface area contributed by atoms with Crippen LogP contribution in [-0.2, 0) is 4.94 Å². The molecule has 0 spiro atoms. The van der Waals surface area contributed by atoms with Gasteiger partial charge in [0.05, 0.1) is 6.54 Å². The molecule has 1 rings (SSSR count). The molecule has 112 valence electrons. The molecule has 0 aliphatic carbocycles. The van der Waals surface area contributed by atoms with E-state index >= 15 is 0 Å². The van der Waals surface area contributed by atoms with Crippen molar-refractivity contribution in [3.8, 4) is 0 Å². The molecule has 0 amide bonds. The van der Waals surface area contributed by atoms with Crippen molar-refractivity contribution >= 4 is 0 Å². The highest BCUT2D eigenvalue weighted by atomic mass is 16.8. The average Bonchev–Trinajstić information content (AvgIpc) is 2.43.